The average Bonchev–Trinajstić information content (AvgIpc) is 2.88. The van der Waals surface area contributed by atoms with Crippen molar-refractivity contribution in [3.63, 3.8) is 0 Å². The van der Waals surface area contributed by atoms with E-state index in [0.717, 1.165) is 5.69 Å². The Labute approximate surface area is 122 Å². The Morgan fingerprint density at radius 3 is 2.70 bits per heavy atom. The zero-order chi connectivity index (χ0) is 14.8. The molecule has 106 valence electrons. The molecule has 2 aromatic rings. The second-order valence-corrected chi connectivity index (χ2v) is 6.65. The van der Waals surface area contributed by atoms with Crippen molar-refractivity contribution in [1.29, 1.82) is 0 Å². The summed E-state index contributed by atoms with van der Waals surface area (Å²) in [6.07, 6.45) is 0. The summed E-state index contributed by atoms with van der Waals surface area (Å²) in [4.78, 5) is 16.9. The minimum absolute atomic E-state index is 0.190. The summed E-state index contributed by atoms with van der Waals surface area (Å²) in [6.45, 7) is 6.70. The highest BCUT2D eigenvalue weighted by molar-refractivity contribution is 7.09. The lowest BCUT2D eigenvalue weighted by atomic mass is 9.91. The van der Waals surface area contributed by atoms with Gasteiger partial charge in [-0.15, -0.1) is 11.3 Å². The maximum atomic E-state index is 11.2. The quantitative estimate of drug-likeness (QED) is 0.900. The third-order valence-electron chi connectivity index (χ3n) is 2.86. The molecule has 2 aromatic heterocycles. The number of nitrogens with zero attached hydrogens (tertiary/aromatic N) is 1. The van der Waals surface area contributed by atoms with E-state index in [1.165, 1.54) is 4.88 Å². The number of carboxylic acids is 1. The third kappa shape index (κ3) is 3.57. The lowest BCUT2D eigenvalue weighted by Crippen LogP contribution is -2.16. The van der Waals surface area contributed by atoms with E-state index in [9.17, 15) is 9.90 Å². The summed E-state index contributed by atoms with van der Waals surface area (Å²) < 4.78 is 0. The fourth-order valence-electron chi connectivity index (χ4n) is 1.72. The van der Waals surface area contributed by atoms with Crippen LogP contribution < -0.4 is 5.32 Å². The number of aromatic nitrogens is 1. The summed E-state index contributed by atoms with van der Waals surface area (Å²) in [7, 11) is 0. The van der Waals surface area contributed by atoms with Gasteiger partial charge in [0, 0.05) is 16.0 Å². The number of thiophene rings is 1. The number of aromatic carboxylic acids is 1. The van der Waals surface area contributed by atoms with Crippen molar-refractivity contribution in [2.24, 2.45) is 0 Å². The molecule has 2 heterocycles. The first kappa shape index (κ1) is 14.5. The Morgan fingerprint density at radius 1 is 1.40 bits per heavy atom. The van der Waals surface area contributed by atoms with Crippen LogP contribution in [0, 0.1) is 0 Å². The van der Waals surface area contributed by atoms with Gasteiger partial charge in [0.1, 0.15) is 5.82 Å². The SMILES string of the molecule is CC(C)(C)c1cc(C(=O)O)cc(NCc2cccs2)n1. The monoisotopic (exact) mass is 290 g/mol. The fourth-order valence-corrected chi connectivity index (χ4v) is 2.36. The number of carbonyl (C=O) groups is 1. The molecule has 0 spiro atoms. The molecule has 0 aliphatic rings. The molecule has 0 saturated carbocycles. The van der Waals surface area contributed by atoms with E-state index in [4.69, 9.17) is 0 Å². The predicted molar refractivity (Wildman–Crippen MR) is 81.5 cm³/mol. The standard InChI is InChI=1S/C15H18N2O2S/c1-15(2,3)12-7-10(14(18)19)8-13(17-12)16-9-11-5-4-6-20-11/h4-8H,9H2,1-3H3,(H,16,17)(H,18,19). The van der Waals surface area contributed by atoms with Crippen LogP contribution in [-0.4, -0.2) is 16.1 Å². The highest BCUT2D eigenvalue weighted by Crippen LogP contribution is 2.24. The normalized spacial score (nSPS) is 11.3. The topological polar surface area (TPSA) is 62.2 Å². The fraction of sp³-hybridized carbons (Fsp3) is 0.333. The molecule has 0 aliphatic carbocycles. The highest BCUT2D eigenvalue weighted by Gasteiger charge is 2.19. The minimum Gasteiger partial charge on any atom is -0.478 e. The predicted octanol–water partition coefficient (Wildman–Crippen LogP) is 3.75. The van der Waals surface area contributed by atoms with E-state index in [1.54, 1.807) is 23.5 Å². The molecule has 0 fully saturated rings. The Morgan fingerprint density at radius 2 is 2.15 bits per heavy atom. The van der Waals surface area contributed by atoms with Crippen LogP contribution in [0.3, 0.4) is 0 Å². The van der Waals surface area contributed by atoms with Crippen LogP contribution in [0.1, 0.15) is 41.7 Å². The van der Waals surface area contributed by atoms with Gasteiger partial charge in [0.05, 0.1) is 12.1 Å². The van der Waals surface area contributed by atoms with Crippen LogP contribution in [0.2, 0.25) is 0 Å². The third-order valence-corrected chi connectivity index (χ3v) is 3.74. The molecule has 0 aromatic carbocycles. The molecule has 20 heavy (non-hydrogen) atoms. The van der Waals surface area contributed by atoms with Gasteiger partial charge in [0.15, 0.2) is 0 Å². The molecular weight excluding hydrogens is 272 g/mol. The van der Waals surface area contributed by atoms with Gasteiger partial charge in [-0.3, -0.25) is 0 Å². The van der Waals surface area contributed by atoms with Crippen LogP contribution in [0.15, 0.2) is 29.6 Å². The average molecular weight is 290 g/mol. The van der Waals surface area contributed by atoms with Crippen molar-refractivity contribution in [3.05, 3.63) is 45.8 Å². The van der Waals surface area contributed by atoms with Crippen LogP contribution >= 0.6 is 11.3 Å². The summed E-state index contributed by atoms with van der Waals surface area (Å²) in [5, 5.41) is 14.4. The van der Waals surface area contributed by atoms with E-state index < -0.39 is 5.97 Å². The van der Waals surface area contributed by atoms with Crippen molar-refractivity contribution in [2.75, 3.05) is 5.32 Å². The van der Waals surface area contributed by atoms with Crippen molar-refractivity contribution < 1.29 is 9.90 Å². The molecule has 0 amide bonds. The van der Waals surface area contributed by atoms with E-state index >= 15 is 0 Å². The smallest absolute Gasteiger partial charge is 0.335 e. The molecule has 0 radical (unpaired) electrons. The summed E-state index contributed by atoms with van der Waals surface area (Å²) in [5.74, 6) is -0.333. The van der Waals surface area contributed by atoms with E-state index in [1.807, 2.05) is 38.3 Å². The van der Waals surface area contributed by atoms with Crippen LogP contribution in [0.4, 0.5) is 5.82 Å². The Kier molecular flexibility index (Phi) is 4.09. The van der Waals surface area contributed by atoms with Crippen molar-refractivity contribution in [1.82, 2.24) is 4.98 Å². The molecular formula is C15H18N2O2S. The summed E-state index contributed by atoms with van der Waals surface area (Å²) >= 11 is 1.66. The number of carboxylic acid groups (broad SMARTS) is 1. The van der Waals surface area contributed by atoms with Crippen LogP contribution in [-0.2, 0) is 12.0 Å². The maximum absolute atomic E-state index is 11.2. The van der Waals surface area contributed by atoms with Gasteiger partial charge >= 0.3 is 5.97 Å². The molecule has 0 unspecified atom stereocenters. The van der Waals surface area contributed by atoms with Gasteiger partial charge in [0.25, 0.3) is 0 Å². The Balaban J connectivity index is 2.27. The van der Waals surface area contributed by atoms with Gasteiger partial charge in [0.2, 0.25) is 0 Å². The van der Waals surface area contributed by atoms with E-state index in [2.05, 4.69) is 10.3 Å². The number of pyridine rings is 1. The zero-order valence-electron chi connectivity index (χ0n) is 11.8. The summed E-state index contributed by atoms with van der Waals surface area (Å²) in [5.41, 5.74) is 0.842. The van der Waals surface area contributed by atoms with Crippen molar-refractivity contribution in [2.45, 2.75) is 32.7 Å². The van der Waals surface area contributed by atoms with Gasteiger partial charge in [-0.25, -0.2) is 9.78 Å². The lowest BCUT2D eigenvalue weighted by Gasteiger charge is -2.19. The first-order valence-corrected chi connectivity index (χ1v) is 7.26. The van der Waals surface area contributed by atoms with Gasteiger partial charge in [-0.2, -0.15) is 0 Å². The van der Waals surface area contributed by atoms with Gasteiger partial charge < -0.3 is 10.4 Å². The number of hydrogen-bond acceptors (Lipinski definition) is 4. The number of hydrogen-bond donors (Lipinski definition) is 2. The Hall–Kier alpha value is -1.88. The minimum atomic E-state index is -0.933. The molecule has 2 rings (SSSR count). The van der Waals surface area contributed by atoms with E-state index in [-0.39, 0.29) is 11.0 Å². The molecule has 5 heteroatoms. The van der Waals surface area contributed by atoms with Gasteiger partial charge in [-0.05, 0) is 23.6 Å². The number of anilines is 1. The summed E-state index contributed by atoms with van der Waals surface area (Å²) in [6, 6.07) is 7.23. The molecule has 0 bridgehead atoms. The number of rotatable bonds is 4. The lowest BCUT2D eigenvalue weighted by molar-refractivity contribution is 0.0696. The molecule has 0 atom stereocenters. The second-order valence-electron chi connectivity index (χ2n) is 5.61. The van der Waals surface area contributed by atoms with Gasteiger partial charge in [-0.1, -0.05) is 26.8 Å². The zero-order valence-corrected chi connectivity index (χ0v) is 12.6. The van der Waals surface area contributed by atoms with Crippen molar-refractivity contribution in [3.8, 4) is 0 Å². The van der Waals surface area contributed by atoms with Crippen molar-refractivity contribution >= 4 is 23.1 Å². The van der Waals surface area contributed by atoms with Crippen LogP contribution in [0.5, 0.6) is 0 Å². The Bertz CT molecular complexity index is 601. The molecule has 4 nitrogen and oxygen atoms in total. The highest BCUT2D eigenvalue weighted by atomic mass is 32.1. The first-order chi connectivity index (χ1) is 9.36. The van der Waals surface area contributed by atoms with E-state index in [0.29, 0.717) is 12.4 Å². The number of nitrogens with one attached hydrogen (secondary N) is 1. The maximum Gasteiger partial charge on any atom is 0.335 e. The largest absolute Gasteiger partial charge is 0.478 e. The molecule has 0 saturated heterocycles. The second kappa shape index (κ2) is 5.63. The first-order valence-electron chi connectivity index (χ1n) is 6.38. The molecule has 0 aliphatic heterocycles. The van der Waals surface area contributed by atoms with Crippen LogP contribution in [0.25, 0.3) is 0 Å². The molecule has 2 N–H and O–H groups in total.